The van der Waals surface area contributed by atoms with Crippen LogP contribution in [0.4, 0.5) is 4.39 Å². The van der Waals surface area contributed by atoms with Crippen molar-refractivity contribution in [3.05, 3.63) is 51.6 Å². The predicted molar refractivity (Wildman–Crippen MR) is 105 cm³/mol. The zero-order valence-electron chi connectivity index (χ0n) is 14.4. The highest BCUT2D eigenvalue weighted by Crippen LogP contribution is 2.49. The zero-order chi connectivity index (χ0) is 19.2. The molecule has 0 N–H and O–H groups in total. The fourth-order valence-corrected chi connectivity index (χ4v) is 7.10. The molecule has 0 bridgehead atoms. The monoisotopic (exact) mass is 472 g/mol. The molecule has 2 heterocycles. The quantitative estimate of drug-likeness (QED) is 0.686. The Kier molecular flexibility index (Phi) is 4.90. The average Bonchev–Trinajstić information content (AvgIpc) is 3.36. The summed E-state index contributed by atoms with van der Waals surface area (Å²) in [6, 6.07) is 9.43. The van der Waals surface area contributed by atoms with Crippen LogP contribution >= 0.6 is 27.3 Å². The van der Waals surface area contributed by atoms with E-state index in [0.717, 1.165) is 22.2 Å². The number of benzene rings is 1. The molecule has 5 nitrogen and oxygen atoms in total. The van der Waals surface area contributed by atoms with Crippen molar-refractivity contribution in [2.24, 2.45) is 0 Å². The first-order valence-corrected chi connectivity index (χ1v) is 11.7. The molecule has 2 fully saturated rings. The normalized spacial score (nSPS) is 19.9. The van der Waals surface area contributed by atoms with E-state index < -0.39 is 15.4 Å². The SMILES string of the molecule is O=C(N1CCN(S(=O)(=O)c2ccc(Br)s2)CC1)C1(c2ccc(F)cc2)CC1. The van der Waals surface area contributed by atoms with Gasteiger partial charge in [0, 0.05) is 26.2 Å². The van der Waals surface area contributed by atoms with Gasteiger partial charge in [-0.2, -0.15) is 4.31 Å². The largest absolute Gasteiger partial charge is 0.339 e. The summed E-state index contributed by atoms with van der Waals surface area (Å²) in [7, 11) is -3.52. The van der Waals surface area contributed by atoms with Crippen LogP contribution in [0.3, 0.4) is 0 Å². The second kappa shape index (κ2) is 6.95. The first-order valence-electron chi connectivity index (χ1n) is 8.64. The molecule has 0 spiro atoms. The maximum absolute atomic E-state index is 13.2. The summed E-state index contributed by atoms with van der Waals surface area (Å²) in [5.41, 5.74) is 0.278. The van der Waals surface area contributed by atoms with Gasteiger partial charge in [-0.15, -0.1) is 11.3 Å². The lowest BCUT2D eigenvalue weighted by atomic mass is 9.94. The molecule has 4 rings (SSSR count). The third-order valence-electron chi connectivity index (χ3n) is 5.22. The zero-order valence-corrected chi connectivity index (χ0v) is 17.6. The molecule has 1 amide bonds. The van der Waals surface area contributed by atoms with Crippen LogP contribution < -0.4 is 0 Å². The number of piperazine rings is 1. The van der Waals surface area contributed by atoms with Crippen molar-refractivity contribution in [2.75, 3.05) is 26.2 Å². The van der Waals surface area contributed by atoms with Crippen LogP contribution in [0.25, 0.3) is 0 Å². The molecule has 1 aliphatic heterocycles. The Hall–Kier alpha value is -1.29. The lowest BCUT2D eigenvalue weighted by Gasteiger charge is -2.35. The highest BCUT2D eigenvalue weighted by Gasteiger charge is 2.53. The van der Waals surface area contributed by atoms with E-state index in [-0.39, 0.29) is 24.8 Å². The molecule has 27 heavy (non-hydrogen) atoms. The van der Waals surface area contributed by atoms with Crippen LogP contribution in [0.15, 0.2) is 44.4 Å². The summed E-state index contributed by atoms with van der Waals surface area (Å²) in [6.45, 7) is 1.30. The fraction of sp³-hybridized carbons (Fsp3) is 0.389. The van der Waals surface area contributed by atoms with E-state index in [1.165, 1.54) is 27.8 Å². The molecule has 1 aromatic carbocycles. The van der Waals surface area contributed by atoms with E-state index in [0.29, 0.717) is 17.3 Å². The minimum atomic E-state index is -3.52. The topological polar surface area (TPSA) is 57.7 Å². The molecular formula is C18H18BrFN2O3S2. The first kappa shape index (κ1) is 19.0. The molecule has 0 unspecified atom stereocenters. The Morgan fingerprint density at radius 1 is 1.04 bits per heavy atom. The van der Waals surface area contributed by atoms with Gasteiger partial charge in [-0.05, 0) is 58.6 Å². The molecule has 0 atom stereocenters. The Morgan fingerprint density at radius 2 is 1.67 bits per heavy atom. The maximum atomic E-state index is 13.2. The molecule has 144 valence electrons. The van der Waals surface area contributed by atoms with Gasteiger partial charge >= 0.3 is 0 Å². The minimum Gasteiger partial charge on any atom is -0.339 e. The highest BCUT2D eigenvalue weighted by atomic mass is 79.9. The summed E-state index contributed by atoms with van der Waals surface area (Å²) in [5, 5.41) is 0. The van der Waals surface area contributed by atoms with Gasteiger partial charge < -0.3 is 4.90 Å². The van der Waals surface area contributed by atoms with Gasteiger partial charge in [0.25, 0.3) is 10.0 Å². The van der Waals surface area contributed by atoms with Crippen molar-refractivity contribution in [2.45, 2.75) is 22.5 Å². The number of sulfonamides is 1. The van der Waals surface area contributed by atoms with Gasteiger partial charge in [0.2, 0.25) is 5.91 Å². The number of rotatable bonds is 4. The van der Waals surface area contributed by atoms with Crippen molar-refractivity contribution in [3.8, 4) is 0 Å². The van der Waals surface area contributed by atoms with Crippen LogP contribution in [0.1, 0.15) is 18.4 Å². The summed E-state index contributed by atoms with van der Waals surface area (Å²) >= 11 is 4.48. The molecule has 0 radical (unpaired) electrons. The van der Waals surface area contributed by atoms with Gasteiger partial charge in [-0.25, -0.2) is 12.8 Å². The van der Waals surface area contributed by atoms with Gasteiger partial charge in [0.15, 0.2) is 0 Å². The van der Waals surface area contributed by atoms with Gasteiger partial charge in [0.05, 0.1) is 9.20 Å². The molecule has 1 saturated carbocycles. The molecule has 2 aliphatic rings. The van der Waals surface area contributed by atoms with E-state index in [4.69, 9.17) is 0 Å². The van der Waals surface area contributed by atoms with Crippen LogP contribution in [0, 0.1) is 5.82 Å². The summed E-state index contributed by atoms with van der Waals surface area (Å²) in [5.74, 6) is -0.300. The minimum absolute atomic E-state index is 0.0185. The fourth-order valence-electron chi connectivity index (χ4n) is 3.52. The number of carbonyl (C=O) groups excluding carboxylic acids is 1. The van der Waals surface area contributed by atoms with E-state index in [1.807, 2.05) is 0 Å². The number of thiophene rings is 1. The number of carbonyl (C=O) groups is 1. The van der Waals surface area contributed by atoms with E-state index in [9.17, 15) is 17.6 Å². The van der Waals surface area contributed by atoms with E-state index in [2.05, 4.69) is 15.9 Å². The van der Waals surface area contributed by atoms with Crippen molar-refractivity contribution in [3.63, 3.8) is 0 Å². The van der Waals surface area contributed by atoms with Crippen LogP contribution in [0.5, 0.6) is 0 Å². The van der Waals surface area contributed by atoms with Gasteiger partial charge in [0.1, 0.15) is 10.0 Å². The molecule has 1 aliphatic carbocycles. The standard InChI is InChI=1S/C18H18BrFN2O3S2/c19-15-5-6-16(26-15)27(24,25)22-11-9-21(10-12-22)17(23)18(7-8-18)13-1-3-14(20)4-2-13/h1-6H,7-12H2. The van der Waals surface area contributed by atoms with Crippen LogP contribution in [0.2, 0.25) is 0 Å². The molecule has 1 aromatic heterocycles. The summed E-state index contributed by atoms with van der Waals surface area (Å²) in [4.78, 5) is 14.8. The van der Waals surface area contributed by atoms with Gasteiger partial charge in [-0.3, -0.25) is 4.79 Å². The van der Waals surface area contributed by atoms with Crippen LogP contribution in [-0.2, 0) is 20.2 Å². The number of amides is 1. The predicted octanol–water partition coefficient (Wildman–Crippen LogP) is 3.21. The van der Waals surface area contributed by atoms with E-state index in [1.54, 1.807) is 29.2 Å². The van der Waals surface area contributed by atoms with Crippen molar-refractivity contribution < 1.29 is 17.6 Å². The van der Waals surface area contributed by atoms with Crippen molar-refractivity contribution >= 4 is 43.2 Å². The third kappa shape index (κ3) is 3.46. The first-order chi connectivity index (χ1) is 12.8. The second-order valence-corrected chi connectivity index (χ2v) is 11.5. The summed E-state index contributed by atoms with van der Waals surface area (Å²) in [6.07, 6.45) is 1.50. The highest BCUT2D eigenvalue weighted by molar-refractivity contribution is 9.11. The van der Waals surface area contributed by atoms with Gasteiger partial charge in [-0.1, -0.05) is 12.1 Å². The molecule has 9 heteroatoms. The average molecular weight is 473 g/mol. The van der Waals surface area contributed by atoms with Crippen molar-refractivity contribution in [1.82, 2.24) is 9.21 Å². The molecule has 1 saturated heterocycles. The summed E-state index contributed by atoms with van der Waals surface area (Å²) < 4.78 is 41.1. The third-order valence-corrected chi connectivity index (χ3v) is 9.21. The molecule has 2 aromatic rings. The number of halogens is 2. The number of nitrogens with zero attached hydrogens (tertiary/aromatic N) is 2. The lowest BCUT2D eigenvalue weighted by molar-refractivity contribution is -0.135. The maximum Gasteiger partial charge on any atom is 0.252 e. The Labute approximate surface area is 170 Å². The Balaban J connectivity index is 1.45. The lowest BCUT2D eigenvalue weighted by Crippen LogP contribution is -2.52. The Morgan fingerprint density at radius 3 is 2.19 bits per heavy atom. The Bertz CT molecular complexity index is 963. The smallest absolute Gasteiger partial charge is 0.252 e. The van der Waals surface area contributed by atoms with Crippen molar-refractivity contribution in [1.29, 1.82) is 0 Å². The van der Waals surface area contributed by atoms with E-state index >= 15 is 0 Å². The number of hydrogen-bond donors (Lipinski definition) is 0. The van der Waals surface area contributed by atoms with Crippen LogP contribution in [-0.4, -0.2) is 49.7 Å². The second-order valence-electron chi connectivity index (χ2n) is 6.84. The molecular weight excluding hydrogens is 455 g/mol. The number of hydrogen-bond acceptors (Lipinski definition) is 4.